The minimum absolute atomic E-state index is 0.118. The van der Waals surface area contributed by atoms with Crippen LogP contribution in [0.5, 0.6) is 0 Å². The number of hydrogen-bond donors (Lipinski definition) is 0. The van der Waals surface area contributed by atoms with E-state index >= 15 is 0 Å². The van der Waals surface area contributed by atoms with Crippen molar-refractivity contribution in [2.24, 2.45) is 5.92 Å². The molecule has 0 bridgehead atoms. The monoisotopic (exact) mass is 332 g/mol. The molecule has 1 atom stereocenters. The second-order valence-electron chi connectivity index (χ2n) is 5.18. The van der Waals surface area contributed by atoms with Gasteiger partial charge in [0.2, 0.25) is 5.91 Å². The van der Waals surface area contributed by atoms with Gasteiger partial charge in [-0.3, -0.25) is 4.79 Å². The number of alkyl halides is 1. The van der Waals surface area contributed by atoms with Crippen LogP contribution >= 0.6 is 22.9 Å². The third-order valence-electron chi connectivity index (χ3n) is 2.90. The zero-order valence-electron chi connectivity index (χ0n) is 12.8. The molecule has 118 valence electrons. The molecule has 21 heavy (non-hydrogen) atoms. The number of aromatic nitrogens is 1. The molecule has 0 aliphatic rings. The average Bonchev–Trinajstić information content (AvgIpc) is 2.89. The van der Waals surface area contributed by atoms with Crippen LogP contribution in [0.1, 0.15) is 42.7 Å². The summed E-state index contributed by atoms with van der Waals surface area (Å²) in [6.45, 7) is 6.86. The first kappa shape index (κ1) is 17.9. The average molecular weight is 333 g/mol. The molecule has 0 aliphatic heterocycles. The first-order valence-corrected chi connectivity index (χ1v) is 8.12. The van der Waals surface area contributed by atoms with Crippen molar-refractivity contribution in [2.45, 2.75) is 39.1 Å². The van der Waals surface area contributed by atoms with Crippen LogP contribution in [0, 0.1) is 5.92 Å². The highest BCUT2D eigenvalue weighted by Gasteiger charge is 2.21. The Morgan fingerprint density at radius 2 is 2.10 bits per heavy atom. The summed E-state index contributed by atoms with van der Waals surface area (Å²) in [6.07, 6.45) is 0.893. The number of hydrogen-bond acceptors (Lipinski definition) is 5. The Hall–Kier alpha value is -1.14. The van der Waals surface area contributed by atoms with Crippen molar-refractivity contribution in [2.75, 3.05) is 13.7 Å². The summed E-state index contributed by atoms with van der Waals surface area (Å²) in [4.78, 5) is 29.4. The number of halogens is 1. The first-order valence-electron chi connectivity index (χ1n) is 6.80. The van der Waals surface area contributed by atoms with E-state index in [1.165, 1.54) is 18.4 Å². The van der Waals surface area contributed by atoms with Crippen LogP contribution in [0.4, 0.5) is 0 Å². The van der Waals surface area contributed by atoms with Gasteiger partial charge < -0.3 is 9.64 Å². The van der Waals surface area contributed by atoms with E-state index in [0.717, 1.165) is 6.42 Å². The molecule has 0 saturated heterocycles. The summed E-state index contributed by atoms with van der Waals surface area (Å²) in [6, 6.07) is 0. The van der Waals surface area contributed by atoms with Crippen molar-refractivity contribution in [3.63, 3.8) is 0 Å². The lowest BCUT2D eigenvalue weighted by Crippen LogP contribution is -2.36. The Bertz CT molecular complexity index is 488. The largest absolute Gasteiger partial charge is 0.464 e. The Morgan fingerprint density at radius 3 is 2.62 bits per heavy atom. The molecule has 1 amide bonds. The first-order chi connectivity index (χ1) is 9.85. The standard InChI is InChI=1S/C14H21ClN2O3S/c1-9(2)5-6-17(13(18)10(3)15)7-12-16-11(8-21-12)14(19)20-4/h8-10H,5-7H2,1-4H3/t10-/m0/s1. The molecule has 0 fully saturated rings. The molecule has 7 heteroatoms. The summed E-state index contributed by atoms with van der Waals surface area (Å²) in [7, 11) is 1.31. The molecule has 0 aliphatic carbocycles. The molecule has 0 radical (unpaired) electrons. The van der Waals surface area contributed by atoms with Crippen molar-refractivity contribution >= 4 is 34.8 Å². The minimum Gasteiger partial charge on any atom is -0.464 e. The predicted molar refractivity (Wildman–Crippen MR) is 83.6 cm³/mol. The number of methoxy groups -OCH3 is 1. The minimum atomic E-state index is -0.572. The van der Waals surface area contributed by atoms with Gasteiger partial charge in [0.25, 0.3) is 0 Å². The molecule has 1 aromatic heterocycles. The van der Waals surface area contributed by atoms with Crippen molar-refractivity contribution in [3.05, 3.63) is 16.1 Å². The van der Waals surface area contributed by atoms with Gasteiger partial charge in [0, 0.05) is 11.9 Å². The van der Waals surface area contributed by atoms with Crippen LogP contribution in [-0.4, -0.2) is 40.8 Å². The van der Waals surface area contributed by atoms with E-state index in [9.17, 15) is 9.59 Å². The fraction of sp³-hybridized carbons (Fsp3) is 0.643. The zero-order chi connectivity index (χ0) is 16.0. The number of rotatable bonds is 7. The highest BCUT2D eigenvalue weighted by atomic mass is 35.5. The summed E-state index contributed by atoms with van der Waals surface area (Å²) in [5, 5.41) is 1.76. The van der Waals surface area contributed by atoms with E-state index in [2.05, 4.69) is 23.6 Å². The maximum absolute atomic E-state index is 12.1. The second kappa shape index (κ2) is 8.34. The van der Waals surface area contributed by atoms with Gasteiger partial charge in [-0.25, -0.2) is 9.78 Å². The fourth-order valence-corrected chi connectivity index (χ4v) is 2.59. The molecular formula is C14H21ClN2O3S. The number of carbonyl (C=O) groups is 2. The van der Waals surface area contributed by atoms with Crippen LogP contribution in [0.25, 0.3) is 0 Å². The maximum Gasteiger partial charge on any atom is 0.357 e. The van der Waals surface area contributed by atoms with Crippen LogP contribution < -0.4 is 0 Å². The van der Waals surface area contributed by atoms with E-state index < -0.39 is 11.3 Å². The molecule has 1 rings (SSSR count). The van der Waals surface area contributed by atoms with Gasteiger partial charge >= 0.3 is 5.97 Å². The number of amides is 1. The smallest absolute Gasteiger partial charge is 0.357 e. The number of ether oxygens (including phenoxy) is 1. The van der Waals surface area contributed by atoms with Gasteiger partial charge in [-0.1, -0.05) is 13.8 Å². The van der Waals surface area contributed by atoms with Crippen molar-refractivity contribution < 1.29 is 14.3 Å². The lowest BCUT2D eigenvalue weighted by Gasteiger charge is -2.23. The molecule has 0 spiro atoms. The van der Waals surface area contributed by atoms with E-state index in [0.29, 0.717) is 24.0 Å². The van der Waals surface area contributed by atoms with Gasteiger partial charge in [0.05, 0.1) is 13.7 Å². The number of carbonyl (C=O) groups excluding carboxylic acids is 2. The van der Waals surface area contributed by atoms with Gasteiger partial charge in [0.15, 0.2) is 5.69 Å². The van der Waals surface area contributed by atoms with Gasteiger partial charge in [-0.2, -0.15) is 0 Å². The topological polar surface area (TPSA) is 59.5 Å². The molecule has 1 heterocycles. The van der Waals surface area contributed by atoms with Crippen molar-refractivity contribution in [3.8, 4) is 0 Å². The van der Waals surface area contributed by atoms with E-state index in [-0.39, 0.29) is 11.6 Å². The van der Waals surface area contributed by atoms with Crippen LogP contribution in [-0.2, 0) is 16.1 Å². The maximum atomic E-state index is 12.1. The number of thiazole rings is 1. The summed E-state index contributed by atoms with van der Waals surface area (Å²) >= 11 is 7.24. The highest BCUT2D eigenvalue weighted by molar-refractivity contribution is 7.09. The summed E-state index contributed by atoms with van der Waals surface area (Å²) < 4.78 is 4.62. The number of esters is 1. The summed E-state index contributed by atoms with van der Waals surface area (Å²) in [5.74, 6) is -0.0942. The molecule has 0 aromatic carbocycles. The third kappa shape index (κ3) is 5.63. The summed E-state index contributed by atoms with van der Waals surface area (Å²) in [5.41, 5.74) is 0.271. The SMILES string of the molecule is COC(=O)c1csc(CN(CCC(C)C)C(=O)[C@H](C)Cl)n1. The Balaban J connectivity index is 2.77. The lowest BCUT2D eigenvalue weighted by molar-refractivity contribution is -0.131. The quantitative estimate of drug-likeness (QED) is 0.569. The molecule has 0 unspecified atom stereocenters. The molecular weight excluding hydrogens is 312 g/mol. The molecule has 0 saturated carbocycles. The van der Waals surface area contributed by atoms with Crippen LogP contribution in [0.15, 0.2) is 5.38 Å². The van der Waals surface area contributed by atoms with E-state index in [1.807, 2.05) is 0 Å². The Morgan fingerprint density at radius 1 is 1.43 bits per heavy atom. The van der Waals surface area contributed by atoms with Crippen molar-refractivity contribution in [1.29, 1.82) is 0 Å². The van der Waals surface area contributed by atoms with Crippen LogP contribution in [0.2, 0.25) is 0 Å². The van der Waals surface area contributed by atoms with E-state index in [4.69, 9.17) is 11.6 Å². The molecule has 5 nitrogen and oxygen atoms in total. The predicted octanol–water partition coefficient (Wildman–Crippen LogP) is 2.93. The normalized spacial score (nSPS) is 12.3. The Kier molecular flexibility index (Phi) is 7.11. The lowest BCUT2D eigenvalue weighted by atomic mass is 10.1. The fourth-order valence-electron chi connectivity index (χ4n) is 1.68. The van der Waals surface area contributed by atoms with Gasteiger partial charge in [0.1, 0.15) is 10.4 Å². The van der Waals surface area contributed by atoms with Gasteiger partial charge in [-0.15, -0.1) is 22.9 Å². The van der Waals surface area contributed by atoms with Gasteiger partial charge in [-0.05, 0) is 19.3 Å². The highest BCUT2D eigenvalue weighted by Crippen LogP contribution is 2.16. The number of nitrogens with zero attached hydrogens (tertiary/aromatic N) is 2. The Labute approximate surface area is 134 Å². The molecule has 0 N–H and O–H groups in total. The molecule has 1 aromatic rings. The van der Waals surface area contributed by atoms with Crippen molar-refractivity contribution in [1.82, 2.24) is 9.88 Å². The third-order valence-corrected chi connectivity index (χ3v) is 3.92. The van der Waals surface area contributed by atoms with Crippen LogP contribution in [0.3, 0.4) is 0 Å². The van der Waals surface area contributed by atoms with E-state index in [1.54, 1.807) is 17.2 Å². The zero-order valence-corrected chi connectivity index (χ0v) is 14.3. The second-order valence-corrected chi connectivity index (χ2v) is 6.77.